The summed E-state index contributed by atoms with van der Waals surface area (Å²) in [5.41, 5.74) is 1.71. The minimum atomic E-state index is -0.0767. The molecule has 3 aromatic carbocycles. The molecule has 158 valence electrons. The number of fused-ring (bicyclic) bond motifs is 1. The SMILES string of the molecule is CCOc1ccc2ccccc2c1C=C1SC(=Nc2ccccc2)N(CCOC)C1=O. The Morgan fingerprint density at radius 1 is 1.03 bits per heavy atom. The quantitative estimate of drug-likeness (QED) is 0.463. The molecule has 4 rings (SSSR count). The van der Waals surface area contributed by atoms with Crippen LogP contribution in [0.1, 0.15) is 12.5 Å². The molecule has 1 fully saturated rings. The summed E-state index contributed by atoms with van der Waals surface area (Å²) in [6.07, 6.45) is 1.92. The molecular weight excluding hydrogens is 408 g/mol. The second kappa shape index (κ2) is 9.81. The Hall–Kier alpha value is -3.09. The van der Waals surface area contributed by atoms with Crippen LogP contribution in [-0.4, -0.2) is 42.8 Å². The Kier molecular flexibility index (Phi) is 6.70. The lowest BCUT2D eigenvalue weighted by molar-refractivity contribution is -0.122. The molecule has 0 aliphatic carbocycles. The molecule has 0 N–H and O–H groups in total. The van der Waals surface area contributed by atoms with E-state index in [1.807, 2.05) is 67.6 Å². The van der Waals surface area contributed by atoms with Crippen LogP contribution >= 0.6 is 11.8 Å². The number of thioether (sulfide) groups is 1. The smallest absolute Gasteiger partial charge is 0.266 e. The maximum Gasteiger partial charge on any atom is 0.266 e. The lowest BCUT2D eigenvalue weighted by atomic mass is 10.0. The van der Waals surface area contributed by atoms with Gasteiger partial charge in [-0.15, -0.1) is 0 Å². The number of ether oxygens (including phenoxy) is 2. The van der Waals surface area contributed by atoms with Crippen molar-refractivity contribution in [3.8, 4) is 5.75 Å². The molecule has 1 aliphatic heterocycles. The third-order valence-electron chi connectivity index (χ3n) is 4.89. The van der Waals surface area contributed by atoms with Crippen LogP contribution in [0.25, 0.3) is 16.8 Å². The largest absolute Gasteiger partial charge is 0.493 e. The molecule has 0 spiro atoms. The van der Waals surface area contributed by atoms with E-state index in [9.17, 15) is 4.79 Å². The first-order chi connectivity index (χ1) is 15.2. The normalized spacial score (nSPS) is 16.6. The van der Waals surface area contributed by atoms with Crippen LogP contribution in [0, 0.1) is 0 Å². The zero-order valence-electron chi connectivity index (χ0n) is 17.6. The van der Waals surface area contributed by atoms with Crippen molar-refractivity contribution >= 4 is 45.4 Å². The highest BCUT2D eigenvalue weighted by Crippen LogP contribution is 2.37. The topological polar surface area (TPSA) is 51.1 Å². The fourth-order valence-corrected chi connectivity index (χ4v) is 4.43. The summed E-state index contributed by atoms with van der Waals surface area (Å²) in [6, 6.07) is 21.8. The van der Waals surface area contributed by atoms with Crippen LogP contribution in [0.15, 0.2) is 76.6 Å². The summed E-state index contributed by atoms with van der Waals surface area (Å²) in [4.78, 5) is 20.3. The molecule has 0 atom stereocenters. The minimum Gasteiger partial charge on any atom is -0.493 e. The van der Waals surface area contributed by atoms with Gasteiger partial charge in [-0.25, -0.2) is 4.99 Å². The number of hydrogen-bond donors (Lipinski definition) is 0. The zero-order valence-corrected chi connectivity index (χ0v) is 18.4. The number of rotatable bonds is 7. The van der Waals surface area contributed by atoms with Gasteiger partial charge >= 0.3 is 0 Å². The van der Waals surface area contributed by atoms with E-state index in [2.05, 4.69) is 12.1 Å². The molecule has 0 aromatic heterocycles. The van der Waals surface area contributed by atoms with E-state index in [0.29, 0.717) is 29.8 Å². The van der Waals surface area contributed by atoms with Crippen LogP contribution in [0.4, 0.5) is 5.69 Å². The van der Waals surface area contributed by atoms with E-state index in [4.69, 9.17) is 14.5 Å². The first-order valence-corrected chi connectivity index (χ1v) is 11.0. The first-order valence-electron chi connectivity index (χ1n) is 10.2. The predicted octanol–water partition coefficient (Wildman–Crippen LogP) is 5.49. The molecule has 0 unspecified atom stereocenters. The van der Waals surface area contributed by atoms with Crippen LogP contribution in [0.3, 0.4) is 0 Å². The predicted molar refractivity (Wildman–Crippen MR) is 128 cm³/mol. The Morgan fingerprint density at radius 3 is 2.58 bits per heavy atom. The number of methoxy groups -OCH3 is 1. The van der Waals surface area contributed by atoms with Crippen molar-refractivity contribution in [2.45, 2.75) is 6.92 Å². The van der Waals surface area contributed by atoms with Crippen LogP contribution in [-0.2, 0) is 9.53 Å². The lowest BCUT2D eigenvalue weighted by Gasteiger charge is -2.14. The minimum absolute atomic E-state index is 0.0767. The van der Waals surface area contributed by atoms with Gasteiger partial charge in [0.25, 0.3) is 5.91 Å². The van der Waals surface area contributed by atoms with Crippen LogP contribution in [0.2, 0.25) is 0 Å². The highest BCUT2D eigenvalue weighted by atomic mass is 32.2. The Labute approximate surface area is 186 Å². The van der Waals surface area contributed by atoms with E-state index in [1.54, 1.807) is 12.0 Å². The molecular formula is C25H24N2O3S. The monoisotopic (exact) mass is 432 g/mol. The summed E-state index contributed by atoms with van der Waals surface area (Å²) in [5.74, 6) is 0.686. The van der Waals surface area contributed by atoms with E-state index in [1.165, 1.54) is 11.8 Å². The van der Waals surface area contributed by atoms with Crippen molar-refractivity contribution in [1.29, 1.82) is 0 Å². The number of amides is 1. The van der Waals surface area contributed by atoms with Gasteiger partial charge < -0.3 is 9.47 Å². The highest BCUT2D eigenvalue weighted by molar-refractivity contribution is 8.18. The molecule has 0 radical (unpaired) electrons. The molecule has 31 heavy (non-hydrogen) atoms. The van der Waals surface area contributed by atoms with Crippen molar-refractivity contribution in [2.24, 2.45) is 4.99 Å². The zero-order chi connectivity index (χ0) is 21.6. The maximum absolute atomic E-state index is 13.3. The van der Waals surface area contributed by atoms with Gasteiger partial charge in [0.2, 0.25) is 0 Å². The average Bonchev–Trinajstić information content (AvgIpc) is 3.08. The van der Waals surface area contributed by atoms with E-state index < -0.39 is 0 Å². The number of carbonyl (C=O) groups excluding carboxylic acids is 1. The third kappa shape index (κ3) is 4.65. The number of amidine groups is 1. The summed E-state index contributed by atoms with van der Waals surface area (Å²) < 4.78 is 11.1. The second-order valence-corrected chi connectivity index (χ2v) is 7.93. The number of benzene rings is 3. The number of carbonyl (C=O) groups is 1. The fraction of sp³-hybridized carbons (Fsp3) is 0.200. The van der Waals surface area contributed by atoms with Gasteiger partial charge in [-0.2, -0.15) is 0 Å². The summed E-state index contributed by atoms with van der Waals surface area (Å²) >= 11 is 1.38. The van der Waals surface area contributed by atoms with Gasteiger partial charge in [0.1, 0.15) is 5.75 Å². The highest BCUT2D eigenvalue weighted by Gasteiger charge is 2.33. The van der Waals surface area contributed by atoms with Gasteiger partial charge in [0, 0.05) is 12.7 Å². The molecule has 1 heterocycles. The van der Waals surface area contributed by atoms with Gasteiger partial charge in [-0.3, -0.25) is 9.69 Å². The molecule has 3 aromatic rings. The molecule has 5 nitrogen and oxygen atoms in total. The first kappa shape index (κ1) is 21.2. The molecule has 6 heteroatoms. The van der Waals surface area contributed by atoms with Crippen molar-refractivity contribution in [2.75, 3.05) is 26.9 Å². The standard InChI is InChI=1S/C25H24N2O3S/c1-3-30-22-14-13-18-9-7-8-12-20(18)21(22)17-23-24(28)27(15-16-29-2)25(31-23)26-19-10-5-4-6-11-19/h4-14,17H,3,15-16H2,1-2H3. The summed E-state index contributed by atoms with van der Waals surface area (Å²) in [5, 5.41) is 2.80. The van der Waals surface area contributed by atoms with Crippen molar-refractivity contribution in [1.82, 2.24) is 4.90 Å². The van der Waals surface area contributed by atoms with E-state index in [-0.39, 0.29) is 5.91 Å². The Balaban J connectivity index is 1.78. The lowest BCUT2D eigenvalue weighted by Crippen LogP contribution is -2.32. The van der Waals surface area contributed by atoms with Crippen molar-refractivity contribution in [3.05, 3.63) is 77.2 Å². The molecule has 1 aliphatic rings. The van der Waals surface area contributed by atoms with E-state index in [0.717, 1.165) is 27.8 Å². The van der Waals surface area contributed by atoms with Crippen LogP contribution in [0.5, 0.6) is 5.75 Å². The molecule has 0 bridgehead atoms. The van der Waals surface area contributed by atoms with Gasteiger partial charge in [0.15, 0.2) is 5.17 Å². The second-order valence-electron chi connectivity index (χ2n) is 6.92. The number of hydrogen-bond acceptors (Lipinski definition) is 5. The molecule has 1 amide bonds. The van der Waals surface area contributed by atoms with Gasteiger partial charge in [0.05, 0.1) is 30.4 Å². The van der Waals surface area contributed by atoms with Crippen molar-refractivity contribution < 1.29 is 14.3 Å². The summed E-state index contributed by atoms with van der Waals surface area (Å²) in [6.45, 7) is 3.39. The number of nitrogens with zero attached hydrogens (tertiary/aromatic N) is 2. The third-order valence-corrected chi connectivity index (χ3v) is 5.90. The van der Waals surface area contributed by atoms with Crippen molar-refractivity contribution in [3.63, 3.8) is 0 Å². The van der Waals surface area contributed by atoms with Gasteiger partial charge in [-0.05, 0) is 53.7 Å². The van der Waals surface area contributed by atoms with Crippen LogP contribution < -0.4 is 4.74 Å². The number of para-hydroxylation sites is 1. The number of aliphatic imine (C=N–C) groups is 1. The molecule has 1 saturated heterocycles. The Bertz CT molecular complexity index is 1140. The Morgan fingerprint density at radius 2 is 1.81 bits per heavy atom. The summed E-state index contributed by atoms with van der Waals surface area (Å²) in [7, 11) is 1.63. The van der Waals surface area contributed by atoms with Gasteiger partial charge in [-0.1, -0.05) is 48.5 Å². The molecule has 0 saturated carbocycles. The maximum atomic E-state index is 13.3. The fourth-order valence-electron chi connectivity index (χ4n) is 3.42. The van der Waals surface area contributed by atoms with E-state index >= 15 is 0 Å². The average molecular weight is 433 g/mol.